The average molecular weight is 563 g/mol. The van der Waals surface area contributed by atoms with E-state index in [1.165, 1.54) is 7.11 Å². The second-order valence-corrected chi connectivity index (χ2v) is 10.3. The fourth-order valence-corrected chi connectivity index (χ4v) is 5.14. The van der Waals surface area contributed by atoms with Crippen LogP contribution in [0.4, 0.5) is 0 Å². The van der Waals surface area contributed by atoms with Crippen molar-refractivity contribution < 1.29 is 29.0 Å². The number of carbonyl (C=O) groups excluding carboxylic acids is 1. The molecule has 1 aromatic heterocycles. The number of nitrogens with zero attached hydrogens (tertiary/aromatic N) is 2. The lowest BCUT2D eigenvalue weighted by atomic mass is 9.99. The average Bonchev–Trinajstić information content (AvgIpc) is 3.25. The quantitative estimate of drug-likeness (QED) is 0.115. The molecule has 0 fully saturated rings. The lowest BCUT2D eigenvalue weighted by Gasteiger charge is -2.14. The topological polar surface area (TPSA) is 116 Å². The van der Waals surface area contributed by atoms with Crippen molar-refractivity contribution in [2.75, 3.05) is 13.7 Å². The van der Waals surface area contributed by atoms with Crippen LogP contribution in [0.3, 0.4) is 0 Å². The van der Waals surface area contributed by atoms with Gasteiger partial charge in [-0.05, 0) is 50.1 Å². The predicted octanol–water partition coefficient (Wildman–Crippen LogP) is 4.74. The summed E-state index contributed by atoms with van der Waals surface area (Å²) < 4.78 is 13.4. The minimum Gasteiger partial charge on any atom is -0.492 e. The number of benzene rings is 3. The summed E-state index contributed by atoms with van der Waals surface area (Å²) in [6.07, 6.45) is -0.378. The number of carboxylic acid groups (broad SMARTS) is 1. The molecular weight excluding hydrogens is 532 g/mol. The maximum absolute atomic E-state index is 12.8. The van der Waals surface area contributed by atoms with Crippen LogP contribution < -0.4 is 9.61 Å². The Morgan fingerprint density at radius 3 is 2.38 bits per heavy atom. The van der Waals surface area contributed by atoms with Crippen molar-refractivity contribution in [3.8, 4) is 5.75 Å². The number of hydrogen-bond acceptors (Lipinski definition) is 8. The van der Waals surface area contributed by atoms with E-state index >= 15 is 0 Å². The van der Waals surface area contributed by atoms with Crippen molar-refractivity contribution in [1.29, 1.82) is 0 Å². The van der Waals surface area contributed by atoms with Crippen molar-refractivity contribution >= 4 is 39.2 Å². The molecular formula is C30H30N2O7S. The molecule has 0 amide bonds. The highest BCUT2D eigenvalue weighted by Crippen LogP contribution is 2.22. The Hall–Kier alpha value is -4.44. The molecule has 40 heavy (non-hydrogen) atoms. The van der Waals surface area contributed by atoms with Gasteiger partial charge in [0.15, 0.2) is 5.92 Å². The minimum absolute atomic E-state index is 0.0144. The second-order valence-electron chi connectivity index (χ2n) is 9.26. The van der Waals surface area contributed by atoms with Crippen molar-refractivity contribution in [3.63, 3.8) is 0 Å². The first-order chi connectivity index (χ1) is 19.3. The summed E-state index contributed by atoms with van der Waals surface area (Å²) in [4.78, 5) is 41.4. The third-order valence-corrected chi connectivity index (χ3v) is 6.99. The monoisotopic (exact) mass is 562 g/mol. The molecule has 0 aliphatic heterocycles. The maximum Gasteiger partial charge on any atom is 0.320 e. The van der Waals surface area contributed by atoms with Crippen LogP contribution in [-0.2, 0) is 32.1 Å². The van der Waals surface area contributed by atoms with Gasteiger partial charge in [-0.25, -0.2) is 0 Å². The molecule has 1 atom stereocenters. The number of carboxylic acids is 1. The number of aliphatic carboxylic acids is 1. The van der Waals surface area contributed by atoms with Crippen molar-refractivity contribution in [2.24, 2.45) is 11.1 Å². The Morgan fingerprint density at radius 2 is 1.73 bits per heavy atom. The van der Waals surface area contributed by atoms with E-state index in [1.54, 1.807) is 42.7 Å². The Labute approximate surface area is 235 Å². The number of ether oxygens (including phenoxy) is 2. The van der Waals surface area contributed by atoms with E-state index in [4.69, 9.17) is 14.3 Å². The molecule has 4 rings (SSSR count). The molecule has 10 heteroatoms. The van der Waals surface area contributed by atoms with Gasteiger partial charge >= 0.3 is 16.8 Å². The molecule has 0 aliphatic carbocycles. The number of hydrogen-bond donors (Lipinski definition) is 1. The second kappa shape index (κ2) is 13.1. The third kappa shape index (κ3) is 6.95. The first-order valence-corrected chi connectivity index (χ1v) is 13.5. The van der Waals surface area contributed by atoms with Crippen LogP contribution in [0.2, 0.25) is 0 Å². The summed E-state index contributed by atoms with van der Waals surface area (Å²) in [6, 6.07) is 22.3. The fourth-order valence-electron chi connectivity index (χ4n) is 4.18. The van der Waals surface area contributed by atoms with E-state index in [0.29, 0.717) is 23.6 Å². The molecule has 1 unspecified atom stereocenters. The summed E-state index contributed by atoms with van der Waals surface area (Å²) in [7, 11) is 1.50. The molecule has 208 valence electrons. The zero-order chi connectivity index (χ0) is 28.6. The highest BCUT2D eigenvalue weighted by atomic mass is 32.1. The van der Waals surface area contributed by atoms with Crippen molar-refractivity contribution in [3.05, 3.63) is 99.2 Å². The van der Waals surface area contributed by atoms with Crippen LogP contribution in [-0.4, -0.2) is 47.1 Å². The van der Waals surface area contributed by atoms with Gasteiger partial charge in [0, 0.05) is 11.1 Å². The molecule has 0 spiro atoms. The van der Waals surface area contributed by atoms with Gasteiger partial charge in [0.25, 0.3) is 0 Å². The van der Waals surface area contributed by atoms with E-state index in [2.05, 4.69) is 5.16 Å². The summed E-state index contributed by atoms with van der Waals surface area (Å²) in [5.41, 5.74) is 3.89. The molecule has 1 heterocycles. The predicted molar refractivity (Wildman–Crippen MR) is 153 cm³/mol. The van der Waals surface area contributed by atoms with Crippen molar-refractivity contribution in [2.45, 2.75) is 32.9 Å². The number of rotatable bonds is 12. The van der Waals surface area contributed by atoms with Gasteiger partial charge in [0.05, 0.1) is 22.9 Å². The lowest BCUT2D eigenvalue weighted by Crippen LogP contribution is -2.29. The van der Waals surface area contributed by atoms with E-state index in [-0.39, 0.29) is 17.9 Å². The van der Waals surface area contributed by atoms with Crippen LogP contribution >= 0.6 is 11.3 Å². The Bertz CT molecular complexity index is 1560. The van der Waals surface area contributed by atoms with E-state index < -0.39 is 24.0 Å². The largest absolute Gasteiger partial charge is 0.492 e. The summed E-state index contributed by atoms with van der Waals surface area (Å²) >= 11 is 1.16. The number of thiazole rings is 1. The van der Waals surface area contributed by atoms with E-state index in [1.807, 2.05) is 48.5 Å². The van der Waals surface area contributed by atoms with Gasteiger partial charge < -0.3 is 19.4 Å². The van der Waals surface area contributed by atoms with Crippen LogP contribution in [0.25, 0.3) is 10.2 Å². The normalized spacial score (nSPS) is 12.3. The number of carbonyl (C=O) groups is 2. The zero-order valence-electron chi connectivity index (χ0n) is 22.4. The van der Waals surface area contributed by atoms with Gasteiger partial charge in [-0.15, -0.1) is 0 Å². The van der Waals surface area contributed by atoms with Crippen molar-refractivity contribution in [1.82, 2.24) is 4.57 Å². The standard InChI is InChI=1S/C30H30N2O7S/c1-19(2)39-29(35)24(28(33)34)17-20-9-12-23(13-10-20)38-16-15-32-25-14-11-22(18-26(25)40-30(32)36)27(31-37-3)21-7-5-4-6-8-21/h4-14,18-19,24H,15-17H2,1-3H3,(H,33,34). The number of aromatic nitrogens is 1. The number of fused-ring (bicyclic) bond motifs is 1. The van der Waals surface area contributed by atoms with Gasteiger partial charge in [-0.3, -0.25) is 19.0 Å². The van der Waals surface area contributed by atoms with E-state index in [9.17, 15) is 19.5 Å². The first-order valence-electron chi connectivity index (χ1n) is 12.7. The molecule has 9 nitrogen and oxygen atoms in total. The summed E-state index contributed by atoms with van der Waals surface area (Å²) in [5, 5.41) is 13.6. The number of oxime groups is 1. The molecule has 1 N–H and O–H groups in total. The van der Waals surface area contributed by atoms with Gasteiger partial charge in [0.2, 0.25) is 0 Å². The van der Waals surface area contributed by atoms with Crippen LogP contribution in [0.5, 0.6) is 5.75 Å². The van der Waals surface area contributed by atoms with Gasteiger partial charge in [-0.2, -0.15) is 0 Å². The Morgan fingerprint density at radius 1 is 1.00 bits per heavy atom. The molecule has 4 aromatic rings. The molecule has 0 bridgehead atoms. The molecule has 0 saturated heterocycles. The highest BCUT2D eigenvalue weighted by Gasteiger charge is 2.28. The smallest absolute Gasteiger partial charge is 0.320 e. The zero-order valence-corrected chi connectivity index (χ0v) is 23.2. The molecule has 3 aromatic carbocycles. The Kier molecular flexibility index (Phi) is 9.34. The summed E-state index contributed by atoms with van der Waals surface area (Å²) in [6.45, 7) is 3.95. The molecule has 0 aliphatic rings. The maximum atomic E-state index is 12.8. The van der Waals surface area contributed by atoms with Crippen LogP contribution in [0.15, 0.2) is 82.7 Å². The molecule has 0 radical (unpaired) electrons. The minimum atomic E-state index is -1.28. The highest BCUT2D eigenvalue weighted by molar-refractivity contribution is 7.16. The van der Waals surface area contributed by atoms with Crippen LogP contribution in [0.1, 0.15) is 30.5 Å². The Balaban J connectivity index is 1.41. The first kappa shape index (κ1) is 28.6. The number of esters is 1. The molecule has 0 saturated carbocycles. The van der Waals surface area contributed by atoms with Gasteiger partial charge in [0.1, 0.15) is 25.2 Å². The fraction of sp³-hybridized carbons (Fsp3) is 0.267. The summed E-state index contributed by atoms with van der Waals surface area (Å²) in [5.74, 6) is -2.70. The van der Waals surface area contributed by atoms with Gasteiger partial charge in [-0.1, -0.05) is 65.0 Å². The third-order valence-electron chi connectivity index (χ3n) is 6.05. The lowest BCUT2D eigenvalue weighted by molar-refractivity contribution is -0.161. The van der Waals surface area contributed by atoms with Crippen LogP contribution in [0, 0.1) is 5.92 Å². The van der Waals surface area contributed by atoms with E-state index in [0.717, 1.165) is 32.7 Å². The SMILES string of the molecule is CON=C(c1ccccc1)c1ccc2c(c1)sc(=O)n2CCOc1ccc(CC(C(=O)O)C(=O)OC(C)C)cc1.